The zero-order chi connectivity index (χ0) is 16.8. The van der Waals surface area contributed by atoms with Crippen LogP contribution >= 0.6 is 0 Å². The van der Waals surface area contributed by atoms with Crippen molar-refractivity contribution in [2.24, 2.45) is 0 Å². The molecule has 0 bridgehead atoms. The molecule has 3 aromatic rings. The van der Waals surface area contributed by atoms with Gasteiger partial charge in [0, 0.05) is 30.9 Å². The van der Waals surface area contributed by atoms with Crippen molar-refractivity contribution >= 4 is 10.9 Å². The van der Waals surface area contributed by atoms with Crippen LogP contribution in [0.5, 0.6) is 0 Å². The van der Waals surface area contributed by atoms with E-state index in [1.54, 1.807) is 6.20 Å². The van der Waals surface area contributed by atoms with Gasteiger partial charge in [0.2, 0.25) is 0 Å². The van der Waals surface area contributed by atoms with Gasteiger partial charge in [-0.15, -0.1) is 0 Å². The fourth-order valence-corrected chi connectivity index (χ4v) is 2.90. The van der Waals surface area contributed by atoms with Crippen molar-refractivity contribution in [1.82, 2.24) is 20.1 Å². The maximum atomic E-state index is 10.5. The van der Waals surface area contributed by atoms with Crippen LogP contribution in [0, 0.1) is 0 Å². The van der Waals surface area contributed by atoms with Gasteiger partial charge in [-0.3, -0.25) is 10.1 Å². The van der Waals surface area contributed by atoms with Crippen LogP contribution in [0.1, 0.15) is 30.6 Å². The van der Waals surface area contributed by atoms with Gasteiger partial charge in [0.05, 0.1) is 17.8 Å². The Kier molecular flexibility index (Phi) is 5.56. The lowest BCUT2D eigenvalue weighted by atomic mass is 10.0. The van der Waals surface area contributed by atoms with Crippen molar-refractivity contribution in [2.45, 2.75) is 25.9 Å². The smallest absolute Gasteiger partial charge is 0.0802 e. The molecule has 5 nitrogen and oxygen atoms in total. The highest BCUT2D eigenvalue weighted by Gasteiger charge is 2.11. The number of fused-ring (bicyclic) bond motifs is 1. The maximum absolute atomic E-state index is 10.5. The second-order valence-corrected chi connectivity index (χ2v) is 6.06. The SMILES string of the molecule is CCN(CCc1ccncc1)CCC(O)c1ccc2[nH]ncc2c1. The molecule has 3 rings (SSSR count). The van der Waals surface area contributed by atoms with Crippen molar-refractivity contribution < 1.29 is 5.11 Å². The van der Waals surface area contributed by atoms with E-state index in [0.717, 1.165) is 48.9 Å². The van der Waals surface area contributed by atoms with Gasteiger partial charge in [-0.25, -0.2) is 0 Å². The van der Waals surface area contributed by atoms with Crippen LogP contribution in [0.3, 0.4) is 0 Å². The summed E-state index contributed by atoms with van der Waals surface area (Å²) in [4.78, 5) is 6.43. The van der Waals surface area contributed by atoms with E-state index in [2.05, 4.69) is 39.1 Å². The van der Waals surface area contributed by atoms with Gasteiger partial charge in [0.1, 0.15) is 0 Å². The number of rotatable bonds is 8. The quantitative estimate of drug-likeness (QED) is 0.668. The molecule has 0 aliphatic heterocycles. The first-order valence-corrected chi connectivity index (χ1v) is 8.48. The molecular weight excluding hydrogens is 300 g/mol. The van der Waals surface area contributed by atoms with E-state index >= 15 is 0 Å². The van der Waals surface area contributed by atoms with Gasteiger partial charge in [-0.1, -0.05) is 13.0 Å². The third-order valence-corrected chi connectivity index (χ3v) is 4.48. The molecule has 2 N–H and O–H groups in total. The minimum atomic E-state index is -0.445. The Labute approximate surface area is 142 Å². The number of hydrogen-bond donors (Lipinski definition) is 2. The fourth-order valence-electron chi connectivity index (χ4n) is 2.90. The molecule has 1 atom stereocenters. The number of hydrogen-bond acceptors (Lipinski definition) is 4. The van der Waals surface area contributed by atoms with Crippen LogP contribution in [-0.2, 0) is 6.42 Å². The number of nitrogens with zero attached hydrogens (tertiary/aromatic N) is 3. The summed E-state index contributed by atoms with van der Waals surface area (Å²) in [5.41, 5.74) is 3.25. The van der Waals surface area contributed by atoms with Crippen molar-refractivity contribution in [3.05, 3.63) is 60.0 Å². The summed E-state index contributed by atoms with van der Waals surface area (Å²) in [5.74, 6) is 0. The van der Waals surface area contributed by atoms with Crippen molar-refractivity contribution in [3.63, 3.8) is 0 Å². The molecule has 5 heteroatoms. The van der Waals surface area contributed by atoms with Gasteiger partial charge in [-0.05, 0) is 54.8 Å². The number of aromatic amines is 1. The highest BCUT2D eigenvalue weighted by atomic mass is 16.3. The Bertz CT molecular complexity index is 756. The molecule has 0 aliphatic rings. The topological polar surface area (TPSA) is 65.0 Å². The Balaban J connectivity index is 1.52. The average molecular weight is 324 g/mol. The predicted octanol–water partition coefficient (Wildman–Crippen LogP) is 2.95. The number of aliphatic hydroxyl groups is 1. The zero-order valence-corrected chi connectivity index (χ0v) is 14.0. The van der Waals surface area contributed by atoms with Gasteiger partial charge in [0.15, 0.2) is 0 Å². The summed E-state index contributed by atoms with van der Waals surface area (Å²) in [5, 5.41) is 18.5. The van der Waals surface area contributed by atoms with Gasteiger partial charge in [-0.2, -0.15) is 5.10 Å². The minimum absolute atomic E-state index is 0.445. The molecule has 0 saturated heterocycles. The molecule has 2 aromatic heterocycles. The van der Waals surface area contributed by atoms with Crippen LogP contribution in [0.25, 0.3) is 10.9 Å². The minimum Gasteiger partial charge on any atom is -0.388 e. The second kappa shape index (κ2) is 8.04. The van der Waals surface area contributed by atoms with Crippen LogP contribution in [0.4, 0.5) is 0 Å². The van der Waals surface area contributed by atoms with E-state index in [1.165, 1.54) is 5.56 Å². The molecule has 0 saturated carbocycles. The summed E-state index contributed by atoms with van der Waals surface area (Å²) in [6.07, 6.45) is 6.75. The average Bonchev–Trinajstić information content (AvgIpc) is 3.10. The number of pyridine rings is 1. The van der Waals surface area contributed by atoms with Gasteiger partial charge >= 0.3 is 0 Å². The molecule has 2 heterocycles. The highest BCUT2D eigenvalue weighted by molar-refractivity contribution is 5.78. The van der Waals surface area contributed by atoms with Gasteiger partial charge < -0.3 is 10.0 Å². The Morgan fingerprint density at radius 3 is 2.79 bits per heavy atom. The Hall–Kier alpha value is -2.24. The van der Waals surface area contributed by atoms with Crippen LogP contribution in [0.2, 0.25) is 0 Å². The third kappa shape index (κ3) is 4.19. The molecule has 0 radical (unpaired) electrons. The molecule has 0 aliphatic carbocycles. The molecule has 0 spiro atoms. The third-order valence-electron chi connectivity index (χ3n) is 4.48. The number of aliphatic hydroxyl groups excluding tert-OH is 1. The van der Waals surface area contributed by atoms with E-state index in [1.807, 2.05) is 30.6 Å². The number of H-pyrrole nitrogens is 1. The lowest BCUT2D eigenvalue weighted by Gasteiger charge is -2.22. The Morgan fingerprint density at radius 2 is 2.00 bits per heavy atom. The summed E-state index contributed by atoms with van der Waals surface area (Å²) < 4.78 is 0. The second-order valence-electron chi connectivity index (χ2n) is 6.06. The first kappa shape index (κ1) is 16.6. The lowest BCUT2D eigenvalue weighted by molar-refractivity contribution is 0.144. The lowest BCUT2D eigenvalue weighted by Crippen LogP contribution is -2.28. The molecule has 1 aromatic carbocycles. The fraction of sp³-hybridized carbons (Fsp3) is 0.368. The normalized spacial score (nSPS) is 12.8. The molecule has 126 valence electrons. The standard InChI is InChI=1S/C19H24N4O/c1-2-23(11-7-15-5-9-20-10-6-15)12-8-19(24)16-3-4-18-17(13-16)14-21-22-18/h3-6,9-10,13-14,19,24H,2,7-8,11-12H2,1H3,(H,21,22). The summed E-state index contributed by atoms with van der Waals surface area (Å²) in [6.45, 7) is 5.02. The van der Waals surface area contributed by atoms with E-state index in [0.29, 0.717) is 0 Å². The number of benzene rings is 1. The van der Waals surface area contributed by atoms with Gasteiger partial charge in [0.25, 0.3) is 0 Å². The number of aromatic nitrogens is 3. The first-order valence-electron chi connectivity index (χ1n) is 8.48. The monoisotopic (exact) mass is 324 g/mol. The number of nitrogens with one attached hydrogen (secondary N) is 1. The first-order chi connectivity index (χ1) is 11.8. The van der Waals surface area contributed by atoms with E-state index in [9.17, 15) is 5.11 Å². The molecule has 24 heavy (non-hydrogen) atoms. The predicted molar refractivity (Wildman–Crippen MR) is 95.7 cm³/mol. The molecule has 0 amide bonds. The Morgan fingerprint density at radius 1 is 1.17 bits per heavy atom. The summed E-state index contributed by atoms with van der Waals surface area (Å²) in [6, 6.07) is 10.1. The van der Waals surface area contributed by atoms with Crippen molar-refractivity contribution in [1.29, 1.82) is 0 Å². The van der Waals surface area contributed by atoms with Crippen molar-refractivity contribution in [2.75, 3.05) is 19.6 Å². The van der Waals surface area contributed by atoms with E-state index in [-0.39, 0.29) is 0 Å². The van der Waals surface area contributed by atoms with Crippen molar-refractivity contribution in [3.8, 4) is 0 Å². The molecule has 0 fully saturated rings. The molecule has 1 unspecified atom stereocenters. The maximum Gasteiger partial charge on any atom is 0.0802 e. The highest BCUT2D eigenvalue weighted by Crippen LogP contribution is 2.21. The van der Waals surface area contributed by atoms with E-state index < -0.39 is 6.10 Å². The van der Waals surface area contributed by atoms with Crippen LogP contribution in [0.15, 0.2) is 48.9 Å². The molecular formula is C19H24N4O. The van der Waals surface area contributed by atoms with Crippen LogP contribution in [-0.4, -0.2) is 44.8 Å². The van der Waals surface area contributed by atoms with Crippen LogP contribution < -0.4 is 0 Å². The summed E-state index contributed by atoms with van der Waals surface area (Å²) in [7, 11) is 0. The zero-order valence-electron chi connectivity index (χ0n) is 14.0. The summed E-state index contributed by atoms with van der Waals surface area (Å²) >= 11 is 0. The van der Waals surface area contributed by atoms with E-state index in [4.69, 9.17) is 0 Å². The number of likely N-dealkylation sites (N-methyl/N-ethyl adjacent to an activating group) is 1. The largest absolute Gasteiger partial charge is 0.388 e.